The normalized spacial score (nSPS) is 11.0. The Morgan fingerprint density at radius 3 is 2.71 bits per heavy atom. The molecule has 0 spiro atoms. The summed E-state index contributed by atoms with van der Waals surface area (Å²) in [5.74, 6) is 1.36. The minimum atomic E-state index is -0.458. The van der Waals surface area contributed by atoms with Crippen LogP contribution in [-0.4, -0.2) is 26.4 Å². The van der Waals surface area contributed by atoms with Crippen LogP contribution in [0.15, 0.2) is 53.7 Å². The fraction of sp³-hybridized carbons (Fsp3) is 0.318. The SMILES string of the molecule is CC(C)CCn1c(COc2ccccc2)nnc1SCC(=O)Nc1ccc(F)cc1Cl. The van der Waals surface area contributed by atoms with Gasteiger partial charge in [0.25, 0.3) is 0 Å². The van der Waals surface area contributed by atoms with E-state index in [1.807, 2.05) is 34.9 Å². The number of carbonyl (C=O) groups excluding carboxylic acids is 1. The van der Waals surface area contributed by atoms with Gasteiger partial charge >= 0.3 is 0 Å². The Morgan fingerprint density at radius 1 is 1.23 bits per heavy atom. The minimum absolute atomic E-state index is 0.118. The number of amides is 1. The van der Waals surface area contributed by atoms with Crippen LogP contribution in [0.3, 0.4) is 0 Å². The number of thioether (sulfide) groups is 1. The van der Waals surface area contributed by atoms with Gasteiger partial charge in [0.15, 0.2) is 11.0 Å². The van der Waals surface area contributed by atoms with Gasteiger partial charge in [0.05, 0.1) is 16.5 Å². The zero-order chi connectivity index (χ0) is 22.2. The summed E-state index contributed by atoms with van der Waals surface area (Å²) in [6.07, 6.45) is 0.946. The smallest absolute Gasteiger partial charge is 0.234 e. The first kappa shape index (κ1) is 23.1. The number of benzene rings is 2. The summed E-state index contributed by atoms with van der Waals surface area (Å²) >= 11 is 7.26. The van der Waals surface area contributed by atoms with Crippen LogP contribution in [-0.2, 0) is 17.9 Å². The summed E-state index contributed by atoms with van der Waals surface area (Å²) in [5, 5.41) is 12.0. The number of nitrogens with zero attached hydrogens (tertiary/aromatic N) is 3. The number of nitrogens with one attached hydrogen (secondary N) is 1. The second-order valence-corrected chi connectivity index (χ2v) is 8.65. The lowest BCUT2D eigenvalue weighted by atomic mass is 10.1. The molecule has 0 atom stereocenters. The predicted octanol–water partition coefficient (Wildman–Crippen LogP) is 5.43. The summed E-state index contributed by atoms with van der Waals surface area (Å²) in [5.41, 5.74) is 0.367. The molecule has 0 fully saturated rings. The molecule has 0 aliphatic carbocycles. The zero-order valence-corrected chi connectivity index (χ0v) is 18.9. The molecule has 0 aliphatic heterocycles. The molecule has 1 amide bonds. The number of hydrogen-bond donors (Lipinski definition) is 1. The molecule has 1 heterocycles. The molecule has 3 aromatic rings. The van der Waals surface area contributed by atoms with Crippen LogP contribution in [0.2, 0.25) is 5.02 Å². The quantitative estimate of drug-likeness (QED) is 0.407. The summed E-state index contributed by atoms with van der Waals surface area (Å²) < 4.78 is 21.0. The van der Waals surface area contributed by atoms with E-state index >= 15 is 0 Å². The summed E-state index contributed by atoms with van der Waals surface area (Å²) in [6.45, 7) is 5.31. The van der Waals surface area contributed by atoms with Gasteiger partial charge < -0.3 is 14.6 Å². The highest BCUT2D eigenvalue weighted by Gasteiger charge is 2.16. The molecule has 31 heavy (non-hydrogen) atoms. The number of rotatable bonds is 10. The second-order valence-electron chi connectivity index (χ2n) is 7.30. The van der Waals surface area contributed by atoms with Crippen LogP contribution in [0.1, 0.15) is 26.1 Å². The van der Waals surface area contributed by atoms with E-state index in [9.17, 15) is 9.18 Å². The molecule has 6 nitrogen and oxygen atoms in total. The molecule has 0 bridgehead atoms. The van der Waals surface area contributed by atoms with E-state index in [1.54, 1.807) is 0 Å². The van der Waals surface area contributed by atoms with E-state index in [0.717, 1.165) is 24.8 Å². The van der Waals surface area contributed by atoms with Crippen molar-refractivity contribution in [2.45, 2.75) is 38.6 Å². The standard InChI is InChI=1S/C22H24ClFN4O2S/c1-15(2)10-11-28-20(13-30-17-6-4-3-5-7-17)26-27-22(28)31-14-21(29)25-19-9-8-16(24)12-18(19)23/h3-9,12,15H,10-11,13-14H2,1-2H3,(H,25,29). The van der Waals surface area contributed by atoms with Gasteiger partial charge in [0.1, 0.15) is 18.2 Å². The molecule has 2 aromatic carbocycles. The van der Waals surface area contributed by atoms with Crippen molar-refractivity contribution in [2.75, 3.05) is 11.1 Å². The van der Waals surface area contributed by atoms with Crippen LogP contribution in [0.5, 0.6) is 5.75 Å². The molecule has 3 rings (SSSR count). The molecule has 1 N–H and O–H groups in total. The van der Waals surface area contributed by atoms with Crippen LogP contribution >= 0.6 is 23.4 Å². The van der Waals surface area contributed by atoms with E-state index in [-0.39, 0.29) is 23.3 Å². The van der Waals surface area contributed by atoms with E-state index in [4.69, 9.17) is 16.3 Å². The molecule has 9 heteroatoms. The van der Waals surface area contributed by atoms with Crippen LogP contribution in [0.25, 0.3) is 0 Å². The maximum atomic E-state index is 13.2. The van der Waals surface area contributed by atoms with Crippen molar-refractivity contribution in [1.29, 1.82) is 0 Å². The van der Waals surface area contributed by atoms with E-state index in [2.05, 4.69) is 29.4 Å². The third-order valence-corrected chi connectivity index (χ3v) is 5.65. The van der Waals surface area contributed by atoms with Crippen LogP contribution in [0, 0.1) is 11.7 Å². The first-order valence-corrected chi connectivity index (χ1v) is 11.3. The molecular weight excluding hydrogens is 439 g/mol. The van der Waals surface area contributed by atoms with Gasteiger partial charge in [-0.3, -0.25) is 4.79 Å². The predicted molar refractivity (Wildman–Crippen MR) is 121 cm³/mol. The zero-order valence-electron chi connectivity index (χ0n) is 17.3. The van der Waals surface area contributed by atoms with Crippen molar-refractivity contribution in [3.8, 4) is 5.75 Å². The topological polar surface area (TPSA) is 69.0 Å². The number of carbonyl (C=O) groups is 1. The fourth-order valence-electron chi connectivity index (χ4n) is 2.72. The van der Waals surface area contributed by atoms with Crippen molar-refractivity contribution >= 4 is 35.0 Å². The Labute approximate surface area is 190 Å². The monoisotopic (exact) mass is 462 g/mol. The highest BCUT2D eigenvalue weighted by molar-refractivity contribution is 7.99. The molecule has 0 aliphatic rings. The molecule has 164 valence electrons. The Kier molecular flexibility index (Phi) is 8.31. The van der Waals surface area contributed by atoms with E-state index < -0.39 is 5.82 Å². The third-order valence-electron chi connectivity index (χ3n) is 4.37. The first-order valence-electron chi connectivity index (χ1n) is 9.90. The van der Waals surface area contributed by atoms with Gasteiger partial charge in [-0.1, -0.05) is 55.4 Å². The lowest BCUT2D eigenvalue weighted by molar-refractivity contribution is -0.113. The van der Waals surface area contributed by atoms with Crippen molar-refractivity contribution < 1.29 is 13.9 Å². The van der Waals surface area contributed by atoms with Gasteiger partial charge in [-0.2, -0.15) is 0 Å². The number of aromatic nitrogens is 3. The third kappa shape index (κ3) is 6.97. The highest BCUT2D eigenvalue weighted by Crippen LogP contribution is 2.24. The Bertz CT molecular complexity index is 1010. The Balaban J connectivity index is 1.64. The minimum Gasteiger partial charge on any atom is -0.486 e. The Morgan fingerprint density at radius 2 is 2.00 bits per heavy atom. The van der Waals surface area contributed by atoms with Crippen LogP contribution in [0.4, 0.5) is 10.1 Å². The molecular formula is C22H24ClFN4O2S. The highest BCUT2D eigenvalue weighted by atomic mass is 35.5. The van der Waals surface area contributed by atoms with Crippen molar-refractivity contribution in [3.63, 3.8) is 0 Å². The number of ether oxygens (including phenoxy) is 1. The number of anilines is 1. The fourth-order valence-corrected chi connectivity index (χ4v) is 3.71. The number of halogens is 2. The average Bonchev–Trinajstić information content (AvgIpc) is 3.13. The van der Waals surface area contributed by atoms with Gasteiger partial charge in [-0.15, -0.1) is 10.2 Å². The van der Waals surface area contributed by atoms with Gasteiger partial charge in [-0.25, -0.2) is 4.39 Å². The summed E-state index contributed by atoms with van der Waals surface area (Å²) in [7, 11) is 0. The molecule has 1 aromatic heterocycles. The van der Waals surface area contributed by atoms with E-state index in [0.29, 0.717) is 22.6 Å². The van der Waals surface area contributed by atoms with Gasteiger partial charge in [0.2, 0.25) is 5.91 Å². The van der Waals surface area contributed by atoms with Crippen molar-refractivity contribution in [3.05, 3.63) is 65.2 Å². The average molecular weight is 463 g/mol. The number of para-hydroxylation sites is 1. The molecule has 0 unspecified atom stereocenters. The van der Waals surface area contributed by atoms with Gasteiger partial charge in [-0.05, 0) is 42.7 Å². The van der Waals surface area contributed by atoms with E-state index in [1.165, 1.54) is 23.9 Å². The summed E-state index contributed by atoms with van der Waals surface area (Å²) in [4.78, 5) is 12.4. The second kappa shape index (κ2) is 11.2. The molecule has 0 radical (unpaired) electrons. The lowest BCUT2D eigenvalue weighted by Gasteiger charge is -2.12. The van der Waals surface area contributed by atoms with Crippen molar-refractivity contribution in [1.82, 2.24) is 14.8 Å². The van der Waals surface area contributed by atoms with Gasteiger partial charge in [0, 0.05) is 6.54 Å². The number of hydrogen-bond acceptors (Lipinski definition) is 5. The maximum Gasteiger partial charge on any atom is 0.234 e. The Hall–Kier alpha value is -2.58. The van der Waals surface area contributed by atoms with Crippen molar-refractivity contribution in [2.24, 2.45) is 5.92 Å². The lowest BCUT2D eigenvalue weighted by Crippen LogP contribution is -2.15. The molecule has 0 saturated carbocycles. The first-order chi connectivity index (χ1) is 14.9. The van der Waals surface area contributed by atoms with Crippen LogP contribution < -0.4 is 10.1 Å². The molecule has 0 saturated heterocycles. The maximum absolute atomic E-state index is 13.2. The summed E-state index contributed by atoms with van der Waals surface area (Å²) in [6, 6.07) is 13.4. The largest absolute Gasteiger partial charge is 0.486 e.